The summed E-state index contributed by atoms with van der Waals surface area (Å²) in [6.07, 6.45) is 0. The van der Waals surface area contributed by atoms with Crippen LogP contribution in [0.2, 0.25) is 0 Å². The SMILES string of the molecule is CCN1C(=O)[C@@]2(N=C(N)Nc3nc4ccccc4n32)c2ccccc21. The van der Waals surface area contributed by atoms with E-state index in [1.807, 2.05) is 60.0 Å². The normalized spacial score (nSPS) is 21.2. The van der Waals surface area contributed by atoms with E-state index in [9.17, 15) is 4.79 Å². The first-order chi connectivity index (χ1) is 12.2. The molecule has 2 aliphatic rings. The molecule has 3 heterocycles. The number of guanidine groups is 1. The molecule has 25 heavy (non-hydrogen) atoms. The molecule has 0 fully saturated rings. The van der Waals surface area contributed by atoms with Gasteiger partial charge in [0.25, 0.3) is 5.91 Å². The van der Waals surface area contributed by atoms with Gasteiger partial charge in [-0.25, -0.2) is 9.98 Å². The molecule has 0 radical (unpaired) electrons. The lowest BCUT2D eigenvalue weighted by molar-refractivity contribution is -0.123. The van der Waals surface area contributed by atoms with Crippen LogP contribution < -0.4 is 16.0 Å². The zero-order valence-corrected chi connectivity index (χ0v) is 13.6. The van der Waals surface area contributed by atoms with Crippen molar-refractivity contribution in [3.8, 4) is 0 Å². The maximum atomic E-state index is 13.5. The molecule has 7 nitrogen and oxygen atoms in total. The molecule has 0 saturated heterocycles. The number of anilines is 2. The Hall–Kier alpha value is -3.35. The number of fused-ring (bicyclic) bond motifs is 6. The summed E-state index contributed by atoms with van der Waals surface area (Å²) in [5, 5.41) is 2.99. The van der Waals surface area contributed by atoms with E-state index in [1.165, 1.54) is 0 Å². The molecule has 2 aromatic carbocycles. The Morgan fingerprint density at radius 2 is 1.92 bits per heavy atom. The zero-order chi connectivity index (χ0) is 17.2. The van der Waals surface area contributed by atoms with E-state index >= 15 is 0 Å². The summed E-state index contributed by atoms with van der Waals surface area (Å²) in [5.41, 5.74) is 8.09. The van der Waals surface area contributed by atoms with Gasteiger partial charge in [-0.1, -0.05) is 30.3 Å². The quantitative estimate of drug-likeness (QED) is 0.712. The molecule has 0 unspecified atom stereocenters. The summed E-state index contributed by atoms with van der Waals surface area (Å²) >= 11 is 0. The molecule has 5 rings (SSSR count). The summed E-state index contributed by atoms with van der Waals surface area (Å²) in [6.45, 7) is 2.51. The van der Waals surface area contributed by atoms with Gasteiger partial charge in [0.2, 0.25) is 11.6 Å². The van der Waals surface area contributed by atoms with Crippen molar-refractivity contribution in [1.29, 1.82) is 0 Å². The number of nitrogens with two attached hydrogens (primary N) is 1. The molecule has 1 spiro atoms. The van der Waals surface area contributed by atoms with E-state index in [0.717, 1.165) is 22.3 Å². The van der Waals surface area contributed by atoms with Gasteiger partial charge in [0, 0.05) is 12.1 Å². The fourth-order valence-electron chi connectivity index (χ4n) is 3.86. The van der Waals surface area contributed by atoms with Crippen molar-refractivity contribution in [1.82, 2.24) is 9.55 Å². The maximum absolute atomic E-state index is 13.5. The van der Waals surface area contributed by atoms with Crippen molar-refractivity contribution in [3.05, 3.63) is 54.1 Å². The van der Waals surface area contributed by atoms with Crippen LogP contribution in [-0.2, 0) is 10.5 Å². The van der Waals surface area contributed by atoms with Crippen molar-refractivity contribution >= 4 is 34.5 Å². The van der Waals surface area contributed by atoms with E-state index in [1.54, 1.807) is 4.90 Å². The van der Waals surface area contributed by atoms with Crippen LogP contribution in [0, 0.1) is 0 Å². The van der Waals surface area contributed by atoms with Crippen molar-refractivity contribution in [3.63, 3.8) is 0 Å². The number of imidazole rings is 1. The third kappa shape index (κ3) is 1.57. The molecular weight excluding hydrogens is 316 g/mol. The standard InChI is InChI=1S/C18H16N6O/c1-2-23-13-9-5-3-7-11(13)18(15(23)25)22-16(19)21-17-20-12-8-4-6-10-14(12)24(17)18/h3-10H,2H2,1H3,(H3,19,20,21,22)/t18-/m1/s1. The summed E-state index contributed by atoms with van der Waals surface area (Å²) in [7, 11) is 0. The van der Waals surface area contributed by atoms with Gasteiger partial charge in [-0.05, 0) is 25.1 Å². The van der Waals surface area contributed by atoms with Gasteiger partial charge >= 0.3 is 0 Å². The highest BCUT2D eigenvalue weighted by atomic mass is 16.2. The first-order valence-electron chi connectivity index (χ1n) is 8.18. The van der Waals surface area contributed by atoms with E-state index in [-0.39, 0.29) is 11.9 Å². The Morgan fingerprint density at radius 1 is 1.16 bits per heavy atom. The fraction of sp³-hybridized carbons (Fsp3) is 0.167. The van der Waals surface area contributed by atoms with Crippen molar-refractivity contribution < 1.29 is 4.79 Å². The lowest BCUT2D eigenvalue weighted by Crippen LogP contribution is -2.49. The second-order valence-corrected chi connectivity index (χ2v) is 6.12. The van der Waals surface area contributed by atoms with E-state index in [2.05, 4.69) is 15.3 Å². The predicted octanol–water partition coefficient (Wildman–Crippen LogP) is 1.84. The van der Waals surface area contributed by atoms with Crippen LogP contribution in [0.15, 0.2) is 53.5 Å². The highest BCUT2D eigenvalue weighted by molar-refractivity contribution is 6.12. The smallest absolute Gasteiger partial charge is 0.281 e. The van der Waals surface area contributed by atoms with E-state index in [4.69, 9.17) is 5.73 Å². The molecule has 1 amide bonds. The minimum atomic E-state index is -1.26. The number of hydrogen-bond donors (Lipinski definition) is 2. The van der Waals surface area contributed by atoms with Crippen molar-refractivity contribution in [2.75, 3.05) is 16.8 Å². The highest BCUT2D eigenvalue weighted by Crippen LogP contribution is 2.47. The number of hydrogen-bond acceptors (Lipinski definition) is 5. The fourth-order valence-corrected chi connectivity index (χ4v) is 3.86. The molecule has 0 bridgehead atoms. The Morgan fingerprint density at radius 3 is 2.76 bits per heavy atom. The average Bonchev–Trinajstić information content (AvgIpc) is 3.09. The van der Waals surface area contributed by atoms with Gasteiger partial charge in [-0.15, -0.1) is 0 Å². The number of nitrogens with one attached hydrogen (secondary N) is 1. The molecule has 1 aromatic heterocycles. The second-order valence-electron chi connectivity index (χ2n) is 6.12. The van der Waals surface area contributed by atoms with Crippen molar-refractivity contribution in [2.24, 2.45) is 10.7 Å². The Balaban J connectivity index is 1.93. The van der Waals surface area contributed by atoms with Crippen molar-refractivity contribution in [2.45, 2.75) is 12.6 Å². The van der Waals surface area contributed by atoms with Crippen LogP contribution in [0.25, 0.3) is 11.0 Å². The van der Waals surface area contributed by atoms with Gasteiger partial charge < -0.3 is 10.6 Å². The Bertz CT molecular complexity index is 1070. The second kappa shape index (κ2) is 4.60. The Labute approximate surface area is 143 Å². The topological polar surface area (TPSA) is 88.5 Å². The number of aliphatic imine (C=N–C) groups is 1. The molecule has 7 heteroatoms. The number of carbonyl (C=O) groups excluding carboxylic acids is 1. The third-order valence-electron chi connectivity index (χ3n) is 4.84. The van der Waals surface area contributed by atoms with Gasteiger partial charge in [0.15, 0.2) is 5.96 Å². The van der Waals surface area contributed by atoms with E-state index in [0.29, 0.717) is 12.5 Å². The predicted molar refractivity (Wildman–Crippen MR) is 96.5 cm³/mol. The van der Waals surface area contributed by atoms with Crippen LogP contribution >= 0.6 is 0 Å². The molecule has 2 aliphatic heterocycles. The Kier molecular flexibility index (Phi) is 2.58. The molecule has 124 valence electrons. The van der Waals surface area contributed by atoms with Gasteiger partial charge in [-0.2, -0.15) is 0 Å². The molecule has 3 aromatic rings. The van der Waals surface area contributed by atoms with Gasteiger partial charge in [0.1, 0.15) is 0 Å². The lowest BCUT2D eigenvalue weighted by Gasteiger charge is -2.32. The average molecular weight is 332 g/mol. The number of benzene rings is 2. The first kappa shape index (κ1) is 14.0. The summed E-state index contributed by atoms with van der Waals surface area (Å²) in [6, 6.07) is 15.4. The van der Waals surface area contributed by atoms with Crippen LogP contribution in [0.3, 0.4) is 0 Å². The zero-order valence-electron chi connectivity index (χ0n) is 13.6. The first-order valence-corrected chi connectivity index (χ1v) is 8.18. The number of nitrogens with zero attached hydrogens (tertiary/aromatic N) is 4. The number of para-hydroxylation sites is 3. The number of amides is 1. The maximum Gasteiger partial charge on any atom is 0.281 e. The number of aromatic nitrogens is 2. The minimum Gasteiger partial charge on any atom is -0.370 e. The molecule has 3 N–H and O–H groups in total. The largest absolute Gasteiger partial charge is 0.370 e. The van der Waals surface area contributed by atoms with Crippen LogP contribution in [-0.4, -0.2) is 28.0 Å². The minimum absolute atomic E-state index is 0.120. The van der Waals surface area contributed by atoms with E-state index < -0.39 is 5.66 Å². The molecule has 1 atom stereocenters. The lowest BCUT2D eigenvalue weighted by atomic mass is 10.00. The summed E-state index contributed by atoms with van der Waals surface area (Å²) < 4.78 is 1.86. The van der Waals surface area contributed by atoms with Gasteiger partial charge in [-0.3, -0.25) is 14.7 Å². The number of carbonyl (C=O) groups is 1. The summed E-state index contributed by atoms with van der Waals surface area (Å²) in [4.78, 5) is 24.5. The van der Waals surface area contributed by atoms with Gasteiger partial charge in [0.05, 0.1) is 16.7 Å². The highest BCUT2D eigenvalue weighted by Gasteiger charge is 2.55. The monoisotopic (exact) mass is 332 g/mol. The third-order valence-corrected chi connectivity index (χ3v) is 4.84. The molecule has 0 saturated carbocycles. The van der Waals surface area contributed by atoms with Crippen LogP contribution in [0.5, 0.6) is 0 Å². The van der Waals surface area contributed by atoms with Crippen LogP contribution in [0.4, 0.5) is 11.6 Å². The van der Waals surface area contributed by atoms with Crippen LogP contribution in [0.1, 0.15) is 12.5 Å². The molecular formula is C18H16N6O. The summed E-state index contributed by atoms with van der Waals surface area (Å²) in [5.74, 6) is 0.587. The number of rotatable bonds is 1. The molecule has 0 aliphatic carbocycles. The number of likely N-dealkylation sites (N-methyl/N-ethyl adjacent to an activating group) is 1.